The number of hydrogen-bond acceptors (Lipinski definition) is 3. The maximum Gasteiger partial charge on any atom is 0.239 e. The third kappa shape index (κ3) is 7.20. The highest BCUT2D eigenvalue weighted by atomic mass is 16.2. The van der Waals surface area contributed by atoms with Crippen molar-refractivity contribution in [2.24, 2.45) is 10.9 Å². The summed E-state index contributed by atoms with van der Waals surface area (Å²) in [5, 5.41) is 6.69. The van der Waals surface area contributed by atoms with Crippen LogP contribution >= 0.6 is 0 Å². The molecule has 0 aromatic rings. The molecule has 1 amide bonds. The van der Waals surface area contributed by atoms with Crippen molar-refractivity contribution in [2.45, 2.75) is 45.6 Å². The minimum absolute atomic E-state index is 0.0773. The Morgan fingerprint density at radius 3 is 2.61 bits per heavy atom. The highest BCUT2D eigenvalue weighted by Crippen LogP contribution is 2.18. The Balaban J connectivity index is 2.24. The van der Waals surface area contributed by atoms with Crippen molar-refractivity contribution in [1.29, 1.82) is 0 Å². The molecule has 1 unspecified atom stereocenters. The van der Waals surface area contributed by atoms with Gasteiger partial charge in [0.1, 0.15) is 0 Å². The van der Waals surface area contributed by atoms with Gasteiger partial charge in [0.25, 0.3) is 0 Å². The summed E-state index contributed by atoms with van der Waals surface area (Å²) < 4.78 is 0. The number of carbonyl (C=O) groups is 1. The van der Waals surface area contributed by atoms with Gasteiger partial charge >= 0.3 is 0 Å². The second kappa shape index (κ2) is 10.5. The predicted octanol–water partition coefficient (Wildman–Crippen LogP) is 1.14. The first kappa shape index (κ1) is 19.7. The number of likely N-dealkylation sites (N-methyl/N-ethyl adjacent to an activating group) is 1. The quantitative estimate of drug-likeness (QED) is 0.399. The van der Waals surface area contributed by atoms with E-state index in [-0.39, 0.29) is 11.9 Å². The molecule has 2 N–H and O–H groups in total. The van der Waals surface area contributed by atoms with E-state index in [0.717, 1.165) is 57.8 Å². The van der Waals surface area contributed by atoms with E-state index in [1.165, 1.54) is 0 Å². The molecule has 0 saturated carbocycles. The average Bonchev–Trinajstić information content (AvgIpc) is 2.96. The minimum Gasteiger partial charge on any atom is -0.356 e. The topological polar surface area (TPSA) is 60.0 Å². The standard InChI is InChI=1S/C17H35N5O/c1-14(2)9-11-20-17(18-3)19-10-7-13-22-12-6-8-15(22)16(23)21(4)5/h14-15H,6-13H2,1-5H3,(H2,18,19,20). The van der Waals surface area contributed by atoms with Crippen molar-refractivity contribution < 1.29 is 4.79 Å². The number of likely N-dealkylation sites (tertiary alicyclic amines) is 1. The van der Waals surface area contributed by atoms with Crippen LogP contribution in [0.3, 0.4) is 0 Å². The summed E-state index contributed by atoms with van der Waals surface area (Å²) in [6, 6.07) is 0.0773. The first-order valence-corrected chi connectivity index (χ1v) is 8.85. The lowest BCUT2D eigenvalue weighted by Crippen LogP contribution is -2.44. The van der Waals surface area contributed by atoms with Gasteiger partial charge in [0.15, 0.2) is 5.96 Å². The fourth-order valence-electron chi connectivity index (χ4n) is 2.86. The monoisotopic (exact) mass is 325 g/mol. The molecule has 1 fully saturated rings. The maximum atomic E-state index is 12.2. The molecule has 0 bridgehead atoms. The highest BCUT2D eigenvalue weighted by molar-refractivity contribution is 5.81. The van der Waals surface area contributed by atoms with Crippen LogP contribution in [0.1, 0.15) is 39.5 Å². The van der Waals surface area contributed by atoms with Crippen LogP contribution in [-0.2, 0) is 4.79 Å². The van der Waals surface area contributed by atoms with Crippen molar-refractivity contribution in [3.63, 3.8) is 0 Å². The molecule has 1 saturated heterocycles. The Morgan fingerprint density at radius 1 is 1.30 bits per heavy atom. The number of amides is 1. The van der Waals surface area contributed by atoms with Gasteiger partial charge in [-0.2, -0.15) is 0 Å². The van der Waals surface area contributed by atoms with Gasteiger partial charge in [-0.05, 0) is 38.1 Å². The largest absolute Gasteiger partial charge is 0.356 e. The summed E-state index contributed by atoms with van der Waals surface area (Å²) in [6.07, 6.45) is 4.27. The summed E-state index contributed by atoms with van der Waals surface area (Å²) in [6.45, 7) is 8.26. The van der Waals surface area contributed by atoms with E-state index in [1.807, 2.05) is 14.1 Å². The number of rotatable bonds is 8. The molecule has 6 nitrogen and oxygen atoms in total. The zero-order valence-corrected chi connectivity index (χ0v) is 15.6. The molecule has 1 aliphatic heterocycles. The summed E-state index contributed by atoms with van der Waals surface area (Å²) in [7, 11) is 5.48. The van der Waals surface area contributed by atoms with Gasteiger partial charge in [-0.1, -0.05) is 13.8 Å². The number of guanidine groups is 1. The zero-order chi connectivity index (χ0) is 17.2. The van der Waals surface area contributed by atoms with Gasteiger partial charge in [-0.25, -0.2) is 0 Å². The van der Waals surface area contributed by atoms with E-state index in [0.29, 0.717) is 5.92 Å². The van der Waals surface area contributed by atoms with Crippen LogP contribution in [0.25, 0.3) is 0 Å². The van der Waals surface area contributed by atoms with E-state index in [1.54, 1.807) is 11.9 Å². The molecule has 134 valence electrons. The van der Waals surface area contributed by atoms with Gasteiger partial charge in [-0.3, -0.25) is 14.7 Å². The van der Waals surface area contributed by atoms with E-state index < -0.39 is 0 Å². The van der Waals surface area contributed by atoms with Crippen molar-refractivity contribution in [3.05, 3.63) is 0 Å². The lowest BCUT2D eigenvalue weighted by Gasteiger charge is -2.26. The molecule has 0 spiro atoms. The number of aliphatic imine (C=N–C) groups is 1. The summed E-state index contributed by atoms with van der Waals surface area (Å²) in [5.41, 5.74) is 0. The normalized spacial score (nSPS) is 19.2. The highest BCUT2D eigenvalue weighted by Gasteiger charge is 2.30. The first-order chi connectivity index (χ1) is 11.0. The zero-order valence-electron chi connectivity index (χ0n) is 15.6. The Morgan fingerprint density at radius 2 is 2.00 bits per heavy atom. The molecule has 1 aliphatic rings. The number of nitrogens with one attached hydrogen (secondary N) is 2. The lowest BCUT2D eigenvalue weighted by molar-refractivity contribution is -0.133. The number of carbonyl (C=O) groups excluding carboxylic acids is 1. The maximum absolute atomic E-state index is 12.2. The van der Waals surface area contributed by atoms with Crippen molar-refractivity contribution >= 4 is 11.9 Å². The van der Waals surface area contributed by atoms with Crippen LogP contribution < -0.4 is 10.6 Å². The Bertz CT molecular complexity index is 381. The van der Waals surface area contributed by atoms with Crippen LogP contribution in [0.5, 0.6) is 0 Å². The lowest BCUT2D eigenvalue weighted by atomic mass is 10.1. The minimum atomic E-state index is 0.0773. The third-order valence-electron chi connectivity index (χ3n) is 4.24. The number of nitrogens with zero attached hydrogens (tertiary/aromatic N) is 3. The average molecular weight is 326 g/mol. The van der Waals surface area contributed by atoms with Gasteiger partial charge in [0, 0.05) is 40.8 Å². The predicted molar refractivity (Wildman–Crippen MR) is 96.7 cm³/mol. The van der Waals surface area contributed by atoms with Gasteiger partial charge in [0.05, 0.1) is 6.04 Å². The van der Waals surface area contributed by atoms with Crippen LogP contribution in [0, 0.1) is 5.92 Å². The molecule has 23 heavy (non-hydrogen) atoms. The van der Waals surface area contributed by atoms with Crippen LogP contribution in [-0.4, -0.2) is 75.0 Å². The smallest absolute Gasteiger partial charge is 0.239 e. The van der Waals surface area contributed by atoms with Crippen LogP contribution in [0.15, 0.2) is 4.99 Å². The van der Waals surface area contributed by atoms with Gasteiger partial charge in [-0.15, -0.1) is 0 Å². The molecule has 1 rings (SSSR count). The molecule has 0 radical (unpaired) electrons. The van der Waals surface area contributed by atoms with Crippen molar-refractivity contribution in [2.75, 3.05) is 47.3 Å². The first-order valence-electron chi connectivity index (χ1n) is 8.85. The summed E-state index contributed by atoms with van der Waals surface area (Å²) in [4.78, 5) is 20.4. The van der Waals surface area contributed by atoms with E-state index in [2.05, 4.69) is 34.4 Å². The molecular formula is C17H35N5O. The second-order valence-corrected chi connectivity index (χ2v) is 6.89. The fourth-order valence-corrected chi connectivity index (χ4v) is 2.86. The van der Waals surface area contributed by atoms with Crippen molar-refractivity contribution in [3.8, 4) is 0 Å². The molecular weight excluding hydrogens is 290 g/mol. The van der Waals surface area contributed by atoms with E-state index in [4.69, 9.17) is 0 Å². The summed E-state index contributed by atoms with van der Waals surface area (Å²) in [5.74, 6) is 1.80. The van der Waals surface area contributed by atoms with Crippen LogP contribution in [0.2, 0.25) is 0 Å². The second-order valence-electron chi connectivity index (χ2n) is 6.89. The van der Waals surface area contributed by atoms with E-state index in [9.17, 15) is 4.79 Å². The van der Waals surface area contributed by atoms with Crippen LogP contribution in [0.4, 0.5) is 0 Å². The molecule has 0 aromatic carbocycles. The SMILES string of the molecule is CN=C(NCCCN1CCCC1C(=O)N(C)C)NCCC(C)C. The molecule has 0 aliphatic carbocycles. The molecule has 0 aromatic heterocycles. The Kier molecular flexibility index (Phi) is 8.99. The van der Waals surface area contributed by atoms with Crippen molar-refractivity contribution in [1.82, 2.24) is 20.4 Å². The number of hydrogen-bond donors (Lipinski definition) is 2. The Hall–Kier alpha value is -1.30. The van der Waals surface area contributed by atoms with Gasteiger partial charge in [0.2, 0.25) is 5.91 Å². The molecule has 1 heterocycles. The van der Waals surface area contributed by atoms with E-state index >= 15 is 0 Å². The van der Waals surface area contributed by atoms with Gasteiger partial charge < -0.3 is 15.5 Å². The Labute approximate surface area is 141 Å². The molecule has 1 atom stereocenters. The third-order valence-corrected chi connectivity index (χ3v) is 4.24. The summed E-state index contributed by atoms with van der Waals surface area (Å²) >= 11 is 0. The fraction of sp³-hybridized carbons (Fsp3) is 0.882. The molecule has 6 heteroatoms.